The van der Waals surface area contributed by atoms with Crippen molar-refractivity contribution >= 4 is 47.3 Å². The van der Waals surface area contributed by atoms with Crippen LogP contribution in [0.15, 0.2) is 54.7 Å². The van der Waals surface area contributed by atoms with Gasteiger partial charge in [0.25, 0.3) is 5.91 Å². The summed E-state index contributed by atoms with van der Waals surface area (Å²) in [6, 6.07) is 15.8. The quantitative estimate of drug-likeness (QED) is 0.609. The van der Waals surface area contributed by atoms with E-state index in [9.17, 15) is 4.79 Å². The highest BCUT2D eigenvalue weighted by molar-refractivity contribution is 6.04. The highest BCUT2D eigenvalue weighted by Crippen LogP contribution is 2.32. The molecule has 0 saturated carbocycles. The lowest BCUT2D eigenvalue weighted by molar-refractivity contribution is 0.0938. The molecule has 1 aliphatic heterocycles. The van der Waals surface area contributed by atoms with Crippen LogP contribution in [0.2, 0.25) is 0 Å². The van der Waals surface area contributed by atoms with Crippen LogP contribution in [0, 0.1) is 0 Å². The standard InChI is InChI=1S/C20H20N4O.2ClH/c21-11-17(8-13-4-2-1-3-5-13)24-20(25)15-9-14-6-7-22-19-18(14)16(10-15)12-23-19;;/h1-7,9-10,17H,8,11-12,21H2,(H,22,23)(H,24,25);2*1H/t17-;;/m0../s1. The highest BCUT2D eigenvalue weighted by Gasteiger charge is 2.19. The maximum Gasteiger partial charge on any atom is 0.251 e. The highest BCUT2D eigenvalue weighted by atomic mass is 35.5. The molecule has 2 heterocycles. The summed E-state index contributed by atoms with van der Waals surface area (Å²) >= 11 is 0. The molecule has 0 bridgehead atoms. The van der Waals surface area contributed by atoms with Gasteiger partial charge in [-0.15, -0.1) is 24.8 Å². The number of nitrogens with two attached hydrogens (primary N) is 1. The van der Waals surface area contributed by atoms with Gasteiger partial charge in [0.1, 0.15) is 5.82 Å². The number of benzene rings is 2. The lowest BCUT2D eigenvalue weighted by atomic mass is 10.0. The molecule has 2 aromatic carbocycles. The fourth-order valence-corrected chi connectivity index (χ4v) is 3.35. The van der Waals surface area contributed by atoms with Crippen LogP contribution in [0.25, 0.3) is 10.8 Å². The van der Waals surface area contributed by atoms with Crippen molar-refractivity contribution in [3.8, 4) is 0 Å². The molecule has 27 heavy (non-hydrogen) atoms. The molecule has 0 unspecified atom stereocenters. The summed E-state index contributed by atoms with van der Waals surface area (Å²) in [5.74, 6) is 0.804. The Hall–Kier alpha value is -2.34. The number of halogens is 2. The van der Waals surface area contributed by atoms with E-state index in [2.05, 4.69) is 15.6 Å². The summed E-state index contributed by atoms with van der Waals surface area (Å²) in [5, 5.41) is 8.47. The first-order valence-corrected chi connectivity index (χ1v) is 8.45. The van der Waals surface area contributed by atoms with E-state index in [-0.39, 0.29) is 36.8 Å². The fourth-order valence-electron chi connectivity index (χ4n) is 3.35. The Labute approximate surface area is 170 Å². The number of nitrogens with one attached hydrogen (secondary N) is 2. The Morgan fingerprint density at radius 2 is 1.96 bits per heavy atom. The number of carbonyl (C=O) groups excluding carboxylic acids is 1. The van der Waals surface area contributed by atoms with Crippen molar-refractivity contribution in [3.63, 3.8) is 0 Å². The van der Waals surface area contributed by atoms with Crippen LogP contribution in [0.4, 0.5) is 5.82 Å². The molecule has 4 N–H and O–H groups in total. The van der Waals surface area contributed by atoms with Crippen LogP contribution in [0.1, 0.15) is 21.5 Å². The summed E-state index contributed by atoms with van der Waals surface area (Å²) in [4.78, 5) is 17.1. The minimum Gasteiger partial charge on any atom is -0.365 e. The van der Waals surface area contributed by atoms with Crippen LogP contribution in [-0.2, 0) is 13.0 Å². The third-order valence-electron chi connectivity index (χ3n) is 4.60. The second kappa shape index (κ2) is 9.04. The van der Waals surface area contributed by atoms with Crippen LogP contribution >= 0.6 is 24.8 Å². The topological polar surface area (TPSA) is 80.0 Å². The second-order valence-electron chi connectivity index (χ2n) is 6.34. The average molecular weight is 405 g/mol. The number of carbonyl (C=O) groups is 1. The molecule has 0 spiro atoms. The van der Waals surface area contributed by atoms with Crippen molar-refractivity contribution in [2.75, 3.05) is 11.9 Å². The number of anilines is 1. The van der Waals surface area contributed by atoms with Crippen LogP contribution in [0.3, 0.4) is 0 Å². The van der Waals surface area contributed by atoms with Crippen molar-refractivity contribution in [2.45, 2.75) is 19.0 Å². The zero-order valence-electron chi connectivity index (χ0n) is 14.6. The number of nitrogens with zero attached hydrogens (tertiary/aromatic N) is 1. The summed E-state index contributed by atoms with van der Waals surface area (Å²) in [6.07, 6.45) is 2.48. The molecule has 1 aromatic heterocycles. The Morgan fingerprint density at radius 1 is 1.19 bits per heavy atom. The van der Waals surface area contributed by atoms with Gasteiger partial charge in [0.05, 0.1) is 0 Å². The summed E-state index contributed by atoms with van der Waals surface area (Å²) < 4.78 is 0. The first-order chi connectivity index (χ1) is 12.2. The number of hydrogen-bond donors (Lipinski definition) is 3. The van der Waals surface area contributed by atoms with Crippen molar-refractivity contribution in [2.24, 2.45) is 5.73 Å². The van der Waals surface area contributed by atoms with E-state index < -0.39 is 0 Å². The monoisotopic (exact) mass is 404 g/mol. The molecular weight excluding hydrogens is 383 g/mol. The molecule has 1 atom stereocenters. The maximum absolute atomic E-state index is 12.7. The Balaban J connectivity index is 0.00000131. The molecule has 0 radical (unpaired) electrons. The lowest BCUT2D eigenvalue weighted by Crippen LogP contribution is -2.41. The first-order valence-electron chi connectivity index (χ1n) is 8.45. The van der Waals surface area contributed by atoms with Gasteiger partial charge in [-0.05, 0) is 41.1 Å². The summed E-state index contributed by atoms with van der Waals surface area (Å²) in [6.45, 7) is 1.10. The Bertz CT molecular complexity index is 934. The van der Waals surface area contributed by atoms with Gasteiger partial charge in [-0.1, -0.05) is 30.3 Å². The molecule has 4 rings (SSSR count). The van der Waals surface area contributed by atoms with Gasteiger partial charge in [-0.25, -0.2) is 4.98 Å². The van der Waals surface area contributed by atoms with E-state index in [0.29, 0.717) is 18.7 Å². The Kier molecular flexibility index (Phi) is 7.02. The van der Waals surface area contributed by atoms with Gasteiger partial charge in [-0.3, -0.25) is 4.79 Å². The van der Waals surface area contributed by atoms with Crippen molar-refractivity contribution in [1.82, 2.24) is 10.3 Å². The number of pyridine rings is 1. The largest absolute Gasteiger partial charge is 0.365 e. The molecule has 3 aromatic rings. The minimum absolute atomic E-state index is 0. The fraction of sp³-hybridized carbons (Fsp3) is 0.200. The molecule has 1 amide bonds. The van der Waals surface area contributed by atoms with Gasteiger partial charge >= 0.3 is 0 Å². The number of amides is 1. The zero-order valence-corrected chi connectivity index (χ0v) is 16.3. The normalized spacial score (nSPS) is 12.5. The average Bonchev–Trinajstić information content (AvgIpc) is 3.07. The predicted octanol–water partition coefficient (Wildman–Crippen LogP) is 3.30. The third-order valence-corrected chi connectivity index (χ3v) is 4.60. The van der Waals surface area contributed by atoms with Crippen molar-refractivity contribution in [3.05, 3.63) is 71.4 Å². The van der Waals surface area contributed by atoms with Gasteiger partial charge in [0.2, 0.25) is 0 Å². The molecule has 0 saturated heterocycles. The first kappa shape index (κ1) is 21.0. The van der Waals surface area contributed by atoms with Crippen LogP contribution in [0.5, 0.6) is 0 Å². The molecule has 0 aliphatic carbocycles. The SMILES string of the molecule is Cl.Cl.NC[C@H](Cc1ccccc1)NC(=O)c1cc2c3c(nccc3c1)NC2. The van der Waals surface area contributed by atoms with Crippen LogP contribution in [-0.4, -0.2) is 23.5 Å². The molecule has 1 aliphatic rings. The molecule has 0 fully saturated rings. The lowest BCUT2D eigenvalue weighted by Gasteiger charge is -2.17. The van der Waals surface area contributed by atoms with E-state index in [1.54, 1.807) is 6.20 Å². The van der Waals surface area contributed by atoms with E-state index in [1.807, 2.05) is 48.5 Å². The zero-order chi connectivity index (χ0) is 17.2. The maximum atomic E-state index is 12.7. The molecule has 5 nitrogen and oxygen atoms in total. The van der Waals surface area contributed by atoms with E-state index in [4.69, 9.17) is 5.73 Å². The van der Waals surface area contributed by atoms with Gasteiger partial charge in [-0.2, -0.15) is 0 Å². The van der Waals surface area contributed by atoms with Gasteiger partial charge in [0.15, 0.2) is 0 Å². The van der Waals surface area contributed by atoms with Crippen molar-refractivity contribution in [1.29, 1.82) is 0 Å². The number of hydrogen-bond acceptors (Lipinski definition) is 4. The molecule has 142 valence electrons. The predicted molar refractivity (Wildman–Crippen MR) is 114 cm³/mol. The summed E-state index contributed by atoms with van der Waals surface area (Å²) in [7, 11) is 0. The second-order valence-corrected chi connectivity index (χ2v) is 6.34. The number of aromatic nitrogens is 1. The van der Waals surface area contributed by atoms with E-state index in [1.165, 1.54) is 0 Å². The number of rotatable bonds is 5. The van der Waals surface area contributed by atoms with Gasteiger partial charge < -0.3 is 16.4 Å². The molecular formula is C20H22Cl2N4O. The van der Waals surface area contributed by atoms with Gasteiger partial charge in [0, 0.05) is 36.3 Å². The summed E-state index contributed by atoms with van der Waals surface area (Å²) in [5.41, 5.74) is 8.80. The molecule has 7 heteroatoms. The van der Waals surface area contributed by atoms with Crippen LogP contribution < -0.4 is 16.4 Å². The van der Waals surface area contributed by atoms with E-state index >= 15 is 0 Å². The smallest absolute Gasteiger partial charge is 0.251 e. The van der Waals surface area contributed by atoms with E-state index in [0.717, 1.165) is 34.1 Å². The van der Waals surface area contributed by atoms with Crippen molar-refractivity contribution < 1.29 is 4.79 Å². The minimum atomic E-state index is -0.0923. The third kappa shape index (κ3) is 4.33. The Morgan fingerprint density at radius 3 is 2.70 bits per heavy atom.